The molecule has 0 amide bonds. The van der Waals surface area contributed by atoms with Crippen molar-refractivity contribution < 1.29 is 30.6 Å². The first-order valence-electron chi connectivity index (χ1n) is 7.76. The third-order valence-electron chi connectivity index (χ3n) is 4.29. The topological polar surface area (TPSA) is 41.5 Å². The van der Waals surface area contributed by atoms with Gasteiger partial charge in [-0.05, 0) is 25.7 Å². The van der Waals surface area contributed by atoms with Gasteiger partial charge in [-0.2, -0.15) is 9.98 Å². The Kier molecular flexibility index (Phi) is 4.87. The predicted octanol–water partition coefficient (Wildman–Crippen LogP) is -0.398. The van der Waals surface area contributed by atoms with Gasteiger partial charge in [0, 0.05) is 23.9 Å². The van der Waals surface area contributed by atoms with Crippen LogP contribution >= 0.6 is 0 Å². The smallest absolute Gasteiger partial charge is 0.361 e. The molecule has 8 heteroatoms. The lowest BCUT2D eigenvalue weighted by Gasteiger charge is -2.22. The van der Waals surface area contributed by atoms with Crippen molar-refractivity contribution in [2.75, 3.05) is 0 Å². The molecule has 4 rings (SSSR count). The number of aliphatic imine (C=N–C) groups is 2. The Labute approximate surface area is 148 Å². The first kappa shape index (κ1) is 17.6. The quantitative estimate of drug-likeness (QED) is 0.740. The number of halogens is 4. The summed E-state index contributed by atoms with van der Waals surface area (Å²) in [6.45, 7) is 0. The van der Waals surface area contributed by atoms with Gasteiger partial charge in [-0.15, -0.1) is 5.01 Å². The van der Waals surface area contributed by atoms with Crippen LogP contribution in [-0.2, 0) is 0 Å². The number of hydrogen-bond donors (Lipinski definition) is 1. The van der Waals surface area contributed by atoms with E-state index in [9.17, 15) is 13.2 Å². The van der Waals surface area contributed by atoms with Gasteiger partial charge in [0.15, 0.2) is 12.0 Å². The zero-order valence-corrected chi connectivity index (χ0v) is 13.8. The van der Waals surface area contributed by atoms with E-state index in [1.807, 2.05) is 0 Å². The van der Waals surface area contributed by atoms with Crippen molar-refractivity contribution in [3.63, 3.8) is 0 Å². The van der Waals surface area contributed by atoms with E-state index < -0.39 is 17.5 Å². The Bertz CT molecular complexity index is 848. The van der Waals surface area contributed by atoms with Gasteiger partial charge >= 0.3 is 5.96 Å². The van der Waals surface area contributed by atoms with Gasteiger partial charge in [0.1, 0.15) is 17.5 Å². The normalized spacial score (nSPS) is 21.6. The Morgan fingerprint density at radius 3 is 2.48 bits per heavy atom. The number of benzene rings is 1. The fraction of sp³-hybridized carbons (Fsp3) is 0.235. The lowest BCUT2D eigenvalue weighted by atomic mass is 9.91. The summed E-state index contributed by atoms with van der Waals surface area (Å²) in [5.41, 5.74) is 1.62. The van der Waals surface area contributed by atoms with E-state index in [-0.39, 0.29) is 23.5 Å². The lowest BCUT2D eigenvalue weighted by molar-refractivity contribution is -0.764. The van der Waals surface area contributed by atoms with Crippen molar-refractivity contribution in [1.82, 2.24) is 0 Å². The van der Waals surface area contributed by atoms with Crippen LogP contribution < -0.4 is 17.4 Å². The Morgan fingerprint density at radius 1 is 1.04 bits per heavy atom. The SMILES string of the molecule is Fc1cc(F)c(C2=C(C3=CCCCC3)[NH+]3N=CN=C3N=C2)c(F)c1.[Cl-]. The van der Waals surface area contributed by atoms with Gasteiger partial charge in [0.05, 0.1) is 11.1 Å². The summed E-state index contributed by atoms with van der Waals surface area (Å²) in [7, 11) is 0. The fourth-order valence-corrected chi connectivity index (χ4v) is 3.23. The van der Waals surface area contributed by atoms with Crippen LogP contribution in [0.5, 0.6) is 0 Å². The molecule has 0 radical (unpaired) electrons. The number of fused-ring (bicyclic) bond motifs is 1. The van der Waals surface area contributed by atoms with Crippen LogP contribution in [0.1, 0.15) is 31.2 Å². The highest BCUT2D eigenvalue weighted by Crippen LogP contribution is 2.30. The second-order valence-corrected chi connectivity index (χ2v) is 5.81. The van der Waals surface area contributed by atoms with Crippen LogP contribution in [0.2, 0.25) is 0 Å². The first-order chi connectivity index (χ1) is 11.6. The van der Waals surface area contributed by atoms with Crippen LogP contribution in [0.25, 0.3) is 5.57 Å². The molecule has 1 aliphatic carbocycles. The van der Waals surface area contributed by atoms with Gasteiger partial charge in [-0.25, -0.2) is 13.2 Å². The third-order valence-corrected chi connectivity index (χ3v) is 4.29. The summed E-state index contributed by atoms with van der Waals surface area (Å²) in [5, 5.41) is 4.74. The largest absolute Gasteiger partial charge is 1.00 e. The highest BCUT2D eigenvalue weighted by atomic mass is 35.5. The van der Waals surface area contributed by atoms with E-state index in [2.05, 4.69) is 21.2 Å². The highest BCUT2D eigenvalue weighted by molar-refractivity contribution is 6.16. The molecular weight excluding hydrogens is 353 g/mol. The molecule has 1 atom stereocenters. The molecule has 0 saturated carbocycles. The van der Waals surface area contributed by atoms with Crippen LogP contribution in [-0.4, -0.2) is 18.5 Å². The van der Waals surface area contributed by atoms with Crippen molar-refractivity contribution >= 4 is 24.1 Å². The second-order valence-electron chi connectivity index (χ2n) is 5.81. The summed E-state index contributed by atoms with van der Waals surface area (Å²) in [4.78, 5) is 8.22. The summed E-state index contributed by atoms with van der Waals surface area (Å²) in [6, 6.07) is 1.36. The number of rotatable bonds is 2. The maximum absolute atomic E-state index is 14.3. The van der Waals surface area contributed by atoms with E-state index in [0.717, 1.165) is 31.3 Å². The molecule has 1 unspecified atom stereocenters. The zero-order valence-electron chi connectivity index (χ0n) is 13.1. The summed E-state index contributed by atoms with van der Waals surface area (Å²) in [5.74, 6) is -2.42. The minimum Gasteiger partial charge on any atom is -1.00 e. The van der Waals surface area contributed by atoms with Gasteiger partial charge in [-0.3, -0.25) is 0 Å². The molecule has 0 fully saturated rings. The van der Waals surface area contributed by atoms with Crippen LogP contribution in [0.15, 0.2) is 44.6 Å². The molecule has 2 heterocycles. The number of guanidine groups is 1. The van der Waals surface area contributed by atoms with Crippen molar-refractivity contribution in [2.24, 2.45) is 15.1 Å². The predicted molar refractivity (Wildman–Crippen MR) is 85.2 cm³/mol. The van der Waals surface area contributed by atoms with Crippen LogP contribution in [0, 0.1) is 17.5 Å². The van der Waals surface area contributed by atoms with E-state index in [0.29, 0.717) is 28.8 Å². The Hall–Kier alpha value is -2.25. The molecule has 4 nitrogen and oxygen atoms in total. The Balaban J connectivity index is 0.00000182. The summed E-state index contributed by atoms with van der Waals surface area (Å²) in [6.07, 6.45) is 8.61. The van der Waals surface area contributed by atoms with Gasteiger partial charge < -0.3 is 12.4 Å². The third kappa shape index (κ3) is 3.05. The highest BCUT2D eigenvalue weighted by Gasteiger charge is 2.36. The molecule has 0 bridgehead atoms. The minimum absolute atomic E-state index is 0. The molecule has 3 aliphatic rings. The summed E-state index contributed by atoms with van der Waals surface area (Å²) < 4.78 is 41.9. The zero-order chi connectivity index (χ0) is 16.7. The fourth-order valence-electron chi connectivity index (χ4n) is 3.23. The molecule has 25 heavy (non-hydrogen) atoms. The molecule has 0 aromatic heterocycles. The minimum atomic E-state index is -0.953. The molecule has 0 spiro atoms. The van der Waals surface area contributed by atoms with Crippen LogP contribution in [0.4, 0.5) is 13.2 Å². The molecule has 1 aromatic rings. The van der Waals surface area contributed by atoms with Gasteiger partial charge in [-0.1, -0.05) is 11.2 Å². The van der Waals surface area contributed by atoms with Gasteiger partial charge in [0.25, 0.3) is 0 Å². The number of quaternary nitrogens is 1. The monoisotopic (exact) mass is 366 g/mol. The molecular formula is C17H14ClF3N4. The van der Waals surface area contributed by atoms with E-state index in [4.69, 9.17) is 0 Å². The van der Waals surface area contributed by atoms with Gasteiger partial charge in [0.2, 0.25) is 0 Å². The lowest BCUT2D eigenvalue weighted by Crippen LogP contribution is -3.08. The number of nitrogens with zero attached hydrogens (tertiary/aromatic N) is 3. The van der Waals surface area contributed by atoms with Crippen molar-refractivity contribution in [1.29, 1.82) is 0 Å². The second kappa shape index (κ2) is 6.93. The number of nitrogens with one attached hydrogen (secondary N) is 1. The number of hydrogen-bond acceptors (Lipinski definition) is 3. The molecule has 1 aromatic carbocycles. The van der Waals surface area contributed by atoms with E-state index >= 15 is 0 Å². The first-order valence-corrected chi connectivity index (χ1v) is 7.76. The average Bonchev–Trinajstić information content (AvgIpc) is 3.03. The molecule has 2 aliphatic heterocycles. The summed E-state index contributed by atoms with van der Waals surface area (Å²) >= 11 is 0. The molecule has 130 valence electrons. The van der Waals surface area contributed by atoms with Crippen molar-refractivity contribution in [2.45, 2.75) is 25.7 Å². The maximum Gasteiger partial charge on any atom is 0.361 e. The molecule has 0 saturated heterocycles. The maximum atomic E-state index is 14.3. The number of allylic oxidation sites excluding steroid dienone is 3. The van der Waals surface area contributed by atoms with E-state index in [1.165, 1.54) is 12.6 Å². The van der Waals surface area contributed by atoms with Crippen LogP contribution in [0.3, 0.4) is 0 Å². The molecule has 1 N–H and O–H groups in total. The van der Waals surface area contributed by atoms with Crippen molar-refractivity contribution in [3.8, 4) is 0 Å². The standard InChI is InChI=1S/C17H13F3N4.ClH/c18-11-6-13(19)15(14(20)7-11)12-8-21-17-22-9-23-24(17)16(12)10-4-2-1-3-5-10;/h4,6-9H,1-3,5H2;1H. The van der Waals surface area contributed by atoms with E-state index in [1.54, 1.807) is 0 Å². The Morgan fingerprint density at radius 2 is 1.80 bits per heavy atom. The van der Waals surface area contributed by atoms with Crippen molar-refractivity contribution in [3.05, 3.63) is 52.5 Å². The average molecular weight is 367 g/mol.